The average Bonchev–Trinajstić information content (AvgIpc) is 2.20. The number of nitrogens with zero attached hydrogens (tertiary/aromatic N) is 1. The van der Waals surface area contributed by atoms with Crippen LogP contribution in [0.2, 0.25) is 5.02 Å². The quantitative estimate of drug-likeness (QED) is 0.745. The summed E-state index contributed by atoms with van der Waals surface area (Å²) in [5, 5.41) is 9.03. The van der Waals surface area contributed by atoms with Crippen molar-refractivity contribution >= 4 is 23.2 Å². The summed E-state index contributed by atoms with van der Waals surface area (Å²) in [6, 6.07) is 7.23. The highest BCUT2D eigenvalue weighted by Crippen LogP contribution is 2.26. The molecule has 2 nitrogen and oxygen atoms in total. The summed E-state index contributed by atoms with van der Waals surface area (Å²) in [7, 11) is 0. The van der Waals surface area contributed by atoms with Gasteiger partial charge in [-0.05, 0) is 24.6 Å². The summed E-state index contributed by atoms with van der Waals surface area (Å²) in [5.41, 5.74) is 0.925. The van der Waals surface area contributed by atoms with E-state index in [4.69, 9.17) is 33.2 Å². The molecule has 14 heavy (non-hydrogen) atoms. The fraction of sp³-hybridized carbons (Fsp3) is 0.300. The highest BCUT2D eigenvalue weighted by molar-refractivity contribution is 6.32. The molecule has 4 heteroatoms. The maximum Gasteiger partial charge on any atom is 0.181 e. The summed E-state index contributed by atoms with van der Waals surface area (Å²) >= 11 is 11.5. The Hall–Kier alpha value is -0.910. The van der Waals surface area contributed by atoms with Crippen molar-refractivity contribution in [1.29, 1.82) is 5.26 Å². The van der Waals surface area contributed by atoms with E-state index in [1.165, 1.54) is 0 Å². The number of alkyl halides is 1. The largest absolute Gasteiger partial charge is 0.474 e. The first-order valence-electron chi connectivity index (χ1n) is 4.08. The van der Waals surface area contributed by atoms with Crippen LogP contribution in [0.1, 0.15) is 12.5 Å². The fourth-order valence-electron chi connectivity index (χ4n) is 0.940. The molecule has 1 aromatic rings. The molecule has 0 aliphatic heterocycles. The molecule has 0 saturated carbocycles. The molecule has 0 aromatic heterocycles. The van der Waals surface area contributed by atoms with E-state index in [0.717, 1.165) is 5.56 Å². The average molecular weight is 230 g/mol. The first-order chi connectivity index (χ1) is 6.67. The molecular weight excluding hydrogens is 221 g/mol. The van der Waals surface area contributed by atoms with Crippen LogP contribution < -0.4 is 4.74 Å². The van der Waals surface area contributed by atoms with Gasteiger partial charge in [-0.25, -0.2) is 0 Å². The standard InChI is InChI=1S/C10H9Cl2NO/c1-7(6-13)14-10-3-2-8(5-11)4-9(10)12/h2-4,7H,5H2,1H3. The van der Waals surface area contributed by atoms with Gasteiger partial charge >= 0.3 is 0 Å². The van der Waals surface area contributed by atoms with Gasteiger partial charge in [-0.1, -0.05) is 17.7 Å². The maximum absolute atomic E-state index is 8.55. The zero-order valence-electron chi connectivity index (χ0n) is 7.63. The monoisotopic (exact) mass is 229 g/mol. The Morgan fingerprint density at radius 1 is 1.57 bits per heavy atom. The Bertz CT molecular complexity index is 360. The van der Waals surface area contributed by atoms with Crippen LogP contribution in [0.4, 0.5) is 0 Å². The zero-order valence-corrected chi connectivity index (χ0v) is 9.14. The second-order valence-electron chi connectivity index (χ2n) is 2.79. The van der Waals surface area contributed by atoms with Gasteiger partial charge in [0.15, 0.2) is 6.10 Å². The lowest BCUT2D eigenvalue weighted by molar-refractivity contribution is 0.276. The normalized spacial score (nSPS) is 11.9. The van der Waals surface area contributed by atoms with Gasteiger partial charge in [-0.3, -0.25) is 0 Å². The second-order valence-corrected chi connectivity index (χ2v) is 3.46. The highest BCUT2D eigenvalue weighted by Gasteiger charge is 2.06. The van der Waals surface area contributed by atoms with Crippen molar-refractivity contribution in [2.75, 3.05) is 0 Å². The number of hydrogen-bond acceptors (Lipinski definition) is 2. The van der Waals surface area contributed by atoms with Crippen molar-refractivity contribution in [3.63, 3.8) is 0 Å². The molecule has 1 atom stereocenters. The highest BCUT2D eigenvalue weighted by atomic mass is 35.5. The first-order valence-corrected chi connectivity index (χ1v) is 4.99. The van der Waals surface area contributed by atoms with Crippen molar-refractivity contribution in [2.45, 2.75) is 18.9 Å². The molecule has 1 aromatic carbocycles. The Balaban J connectivity index is 2.85. The van der Waals surface area contributed by atoms with Crippen molar-refractivity contribution in [3.8, 4) is 11.8 Å². The van der Waals surface area contributed by atoms with Crippen molar-refractivity contribution in [1.82, 2.24) is 0 Å². The van der Waals surface area contributed by atoms with Gasteiger partial charge in [-0.15, -0.1) is 11.6 Å². The molecule has 0 amide bonds. The molecule has 0 spiro atoms. The van der Waals surface area contributed by atoms with Crippen LogP contribution in [0, 0.1) is 11.3 Å². The van der Waals surface area contributed by atoms with E-state index in [1.54, 1.807) is 19.1 Å². The van der Waals surface area contributed by atoms with Gasteiger partial charge in [0.1, 0.15) is 11.8 Å². The smallest absolute Gasteiger partial charge is 0.181 e. The molecule has 0 aliphatic carbocycles. The van der Waals surface area contributed by atoms with Crippen LogP contribution in [0.5, 0.6) is 5.75 Å². The van der Waals surface area contributed by atoms with Crippen molar-refractivity contribution in [3.05, 3.63) is 28.8 Å². The number of hydrogen-bond donors (Lipinski definition) is 0. The summed E-state index contributed by atoms with van der Waals surface area (Å²) in [4.78, 5) is 0. The number of benzene rings is 1. The van der Waals surface area contributed by atoms with Gasteiger partial charge in [0.05, 0.1) is 5.02 Å². The minimum Gasteiger partial charge on any atom is -0.474 e. The number of rotatable bonds is 3. The summed E-state index contributed by atoms with van der Waals surface area (Å²) in [6.07, 6.45) is -0.505. The maximum atomic E-state index is 8.55. The third-order valence-electron chi connectivity index (χ3n) is 1.64. The minimum atomic E-state index is -0.505. The lowest BCUT2D eigenvalue weighted by atomic mass is 10.2. The third kappa shape index (κ3) is 2.80. The lowest BCUT2D eigenvalue weighted by Gasteiger charge is -2.09. The summed E-state index contributed by atoms with van der Waals surface area (Å²) < 4.78 is 5.26. The zero-order chi connectivity index (χ0) is 10.6. The Morgan fingerprint density at radius 2 is 2.29 bits per heavy atom. The fourth-order valence-corrected chi connectivity index (χ4v) is 1.35. The van der Waals surface area contributed by atoms with E-state index < -0.39 is 6.10 Å². The van der Waals surface area contributed by atoms with E-state index in [0.29, 0.717) is 16.7 Å². The van der Waals surface area contributed by atoms with Crippen molar-refractivity contribution in [2.24, 2.45) is 0 Å². The third-order valence-corrected chi connectivity index (χ3v) is 2.24. The molecule has 1 rings (SSSR count). The second kappa shape index (κ2) is 5.09. The van der Waals surface area contributed by atoms with E-state index in [1.807, 2.05) is 12.1 Å². The van der Waals surface area contributed by atoms with E-state index in [2.05, 4.69) is 0 Å². The molecular formula is C10H9Cl2NO. The Labute approximate surface area is 93.0 Å². The molecule has 0 saturated heterocycles. The summed E-state index contributed by atoms with van der Waals surface area (Å²) in [5.74, 6) is 0.919. The molecule has 0 radical (unpaired) electrons. The van der Waals surface area contributed by atoms with Crippen LogP contribution in [0.15, 0.2) is 18.2 Å². The molecule has 0 N–H and O–H groups in total. The van der Waals surface area contributed by atoms with Crippen molar-refractivity contribution < 1.29 is 4.74 Å². The predicted molar refractivity (Wildman–Crippen MR) is 56.7 cm³/mol. The van der Waals surface area contributed by atoms with Crippen LogP contribution in [0.3, 0.4) is 0 Å². The number of halogens is 2. The van der Waals surface area contributed by atoms with Gasteiger partial charge in [0.2, 0.25) is 0 Å². The Kier molecular flexibility index (Phi) is 4.06. The Morgan fingerprint density at radius 3 is 2.79 bits per heavy atom. The molecule has 0 heterocycles. The predicted octanol–water partition coefficient (Wildman–Crippen LogP) is 3.37. The SMILES string of the molecule is CC(C#N)Oc1ccc(CCl)cc1Cl. The number of ether oxygens (including phenoxy) is 1. The summed E-state index contributed by atoms with van der Waals surface area (Å²) in [6.45, 7) is 1.66. The number of nitriles is 1. The molecule has 1 unspecified atom stereocenters. The molecule has 0 fully saturated rings. The molecule has 0 aliphatic rings. The minimum absolute atomic E-state index is 0.411. The van der Waals surface area contributed by atoms with E-state index in [9.17, 15) is 0 Å². The van der Waals surface area contributed by atoms with Gasteiger partial charge in [-0.2, -0.15) is 5.26 Å². The van der Waals surface area contributed by atoms with Crippen LogP contribution in [-0.4, -0.2) is 6.10 Å². The van der Waals surface area contributed by atoms with Gasteiger partial charge in [0, 0.05) is 5.88 Å². The lowest BCUT2D eigenvalue weighted by Crippen LogP contribution is -2.08. The van der Waals surface area contributed by atoms with Crippen LogP contribution in [-0.2, 0) is 5.88 Å². The topological polar surface area (TPSA) is 33.0 Å². The molecule has 74 valence electrons. The van der Waals surface area contributed by atoms with E-state index >= 15 is 0 Å². The van der Waals surface area contributed by atoms with E-state index in [-0.39, 0.29) is 0 Å². The van der Waals surface area contributed by atoms with Gasteiger partial charge < -0.3 is 4.74 Å². The van der Waals surface area contributed by atoms with Crippen LogP contribution >= 0.6 is 23.2 Å². The van der Waals surface area contributed by atoms with Gasteiger partial charge in [0.25, 0.3) is 0 Å². The first kappa shape index (κ1) is 11.2. The van der Waals surface area contributed by atoms with Crippen LogP contribution in [0.25, 0.3) is 0 Å². The molecule has 0 bridgehead atoms.